The van der Waals surface area contributed by atoms with E-state index < -0.39 is 0 Å². The second kappa shape index (κ2) is 15.4. The molecule has 0 aromatic heterocycles. The minimum absolute atomic E-state index is 0.0114. The third-order valence-electron chi connectivity index (χ3n) is 3.49. The van der Waals surface area contributed by atoms with Crippen LogP contribution in [0.15, 0.2) is 12.2 Å². The Morgan fingerprint density at radius 3 is 2.38 bits per heavy atom. The quantitative estimate of drug-likeness (QED) is 0.413. The topological polar surface area (TPSA) is 86.3 Å². The van der Waals surface area contributed by atoms with Crippen molar-refractivity contribution in [2.75, 3.05) is 52.8 Å². The first-order chi connectivity index (χ1) is 11.8. The van der Waals surface area contributed by atoms with Crippen LogP contribution in [0.5, 0.6) is 0 Å². The molecule has 0 radical (unpaired) electrons. The first-order valence-corrected chi connectivity index (χ1v) is 8.76. The van der Waals surface area contributed by atoms with E-state index >= 15 is 0 Å². The molecule has 0 fully saturated rings. The zero-order valence-corrected chi connectivity index (χ0v) is 14.4. The van der Waals surface area contributed by atoms with Crippen molar-refractivity contribution in [2.24, 2.45) is 0 Å². The van der Waals surface area contributed by atoms with Gasteiger partial charge in [-0.2, -0.15) is 0 Å². The van der Waals surface area contributed by atoms with Crippen molar-refractivity contribution in [3.63, 3.8) is 0 Å². The smallest absolute Gasteiger partial charge is 0.407 e. The lowest BCUT2D eigenvalue weighted by molar-refractivity contribution is 0.00793. The lowest BCUT2D eigenvalue weighted by atomic mass is 10.0. The summed E-state index contributed by atoms with van der Waals surface area (Å²) in [6, 6.07) is 0. The Balaban J connectivity index is 1.88. The van der Waals surface area contributed by atoms with Crippen LogP contribution < -0.4 is 5.32 Å². The van der Waals surface area contributed by atoms with Gasteiger partial charge in [0.1, 0.15) is 6.10 Å². The molecule has 1 amide bonds. The van der Waals surface area contributed by atoms with Gasteiger partial charge >= 0.3 is 6.09 Å². The molecule has 7 heteroatoms. The summed E-state index contributed by atoms with van der Waals surface area (Å²) >= 11 is 0. The Kier molecular flexibility index (Phi) is 13.4. The van der Waals surface area contributed by atoms with E-state index in [-0.39, 0.29) is 18.8 Å². The maximum absolute atomic E-state index is 11.7. The van der Waals surface area contributed by atoms with Crippen molar-refractivity contribution >= 4 is 6.09 Å². The molecule has 7 nitrogen and oxygen atoms in total. The fraction of sp³-hybridized carbons (Fsp3) is 0.824. The number of alkyl carbamates (subject to hydrolysis) is 1. The second-order valence-corrected chi connectivity index (χ2v) is 5.49. The number of nitrogens with one attached hydrogen (secondary N) is 1. The molecule has 1 atom stereocenters. The number of aliphatic hydroxyl groups is 1. The van der Waals surface area contributed by atoms with Gasteiger partial charge in [-0.15, -0.1) is 0 Å². The van der Waals surface area contributed by atoms with E-state index in [2.05, 4.69) is 17.5 Å². The maximum atomic E-state index is 11.7. The van der Waals surface area contributed by atoms with Gasteiger partial charge in [-0.1, -0.05) is 12.2 Å². The van der Waals surface area contributed by atoms with Crippen LogP contribution in [-0.2, 0) is 18.9 Å². The fourth-order valence-corrected chi connectivity index (χ4v) is 2.27. The molecule has 24 heavy (non-hydrogen) atoms. The molecular formula is C17H31NO6. The molecule has 0 aromatic carbocycles. The van der Waals surface area contributed by atoms with E-state index in [9.17, 15) is 4.79 Å². The van der Waals surface area contributed by atoms with E-state index in [1.165, 1.54) is 0 Å². The van der Waals surface area contributed by atoms with Crippen LogP contribution in [0.25, 0.3) is 0 Å². The summed E-state index contributed by atoms with van der Waals surface area (Å²) in [7, 11) is 0. The number of aliphatic hydroxyl groups excluding tert-OH is 1. The summed E-state index contributed by atoms with van der Waals surface area (Å²) < 4.78 is 21.1. The van der Waals surface area contributed by atoms with Gasteiger partial charge in [-0.25, -0.2) is 4.79 Å². The fourth-order valence-electron chi connectivity index (χ4n) is 2.27. The zero-order chi connectivity index (χ0) is 17.3. The van der Waals surface area contributed by atoms with Gasteiger partial charge in [0.2, 0.25) is 0 Å². The van der Waals surface area contributed by atoms with Crippen molar-refractivity contribution in [2.45, 2.75) is 38.2 Å². The number of hydrogen-bond acceptors (Lipinski definition) is 6. The van der Waals surface area contributed by atoms with Gasteiger partial charge in [-0.05, 0) is 32.1 Å². The van der Waals surface area contributed by atoms with Crippen LogP contribution in [0.3, 0.4) is 0 Å². The number of carbonyl (C=O) groups excluding carboxylic acids is 1. The molecule has 0 unspecified atom stereocenters. The van der Waals surface area contributed by atoms with Gasteiger partial charge in [0.25, 0.3) is 0 Å². The van der Waals surface area contributed by atoms with E-state index in [1.54, 1.807) is 0 Å². The Morgan fingerprint density at radius 2 is 1.62 bits per heavy atom. The highest BCUT2D eigenvalue weighted by Crippen LogP contribution is 2.15. The Morgan fingerprint density at radius 1 is 0.958 bits per heavy atom. The molecule has 0 saturated carbocycles. The van der Waals surface area contributed by atoms with E-state index in [0.29, 0.717) is 46.2 Å². The molecule has 2 N–H and O–H groups in total. The first kappa shape index (κ1) is 20.9. The molecule has 1 aliphatic carbocycles. The predicted octanol–water partition coefficient (Wildman–Crippen LogP) is 1.64. The van der Waals surface area contributed by atoms with Crippen LogP contribution in [0.1, 0.15) is 32.1 Å². The molecule has 140 valence electrons. The third-order valence-corrected chi connectivity index (χ3v) is 3.49. The first-order valence-electron chi connectivity index (χ1n) is 8.76. The number of hydrogen-bond donors (Lipinski definition) is 2. The standard InChI is InChI=1S/C17H31NO6/c19-9-11-22-13-15-23-14-12-21-10-8-18-17(20)24-16-6-4-2-1-3-5-7-16/h1-2,16,19H,3-15H2,(H,18,20)/t16-/m1/s1. The average molecular weight is 345 g/mol. The summed E-state index contributed by atoms with van der Waals surface area (Å²) in [5.41, 5.74) is 0. The molecule has 0 saturated heterocycles. The van der Waals surface area contributed by atoms with Crippen molar-refractivity contribution in [3.05, 3.63) is 12.2 Å². The molecule has 0 aromatic rings. The van der Waals surface area contributed by atoms with Crippen molar-refractivity contribution in [1.29, 1.82) is 0 Å². The lowest BCUT2D eigenvalue weighted by Gasteiger charge is -2.18. The number of amides is 1. The Bertz CT molecular complexity index is 337. The van der Waals surface area contributed by atoms with E-state index in [0.717, 1.165) is 32.1 Å². The Labute approximate surface area is 144 Å². The highest BCUT2D eigenvalue weighted by molar-refractivity contribution is 5.67. The maximum Gasteiger partial charge on any atom is 0.407 e. The van der Waals surface area contributed by atoms with Gasteiger partial charge in [-0.3, -0.25) is 0 Å². The Hall–Kier alpha value is -1.15. The monoisotopic (exact) mass is 345 g/mol. The summed E-state index contributed by atoms with van der Waals surface area (Å²) in [5, 5.41) is 11.2. The molecule has 0 spiro atoms. The summed E-state index contributed by atoms with van der Waals surface area (Å²) in [4.78, 5) is 11.7. The average Bonchev–Trinajstić information content (AvgIpc) is 2.55. The van der Waals surface area contributed by atoms with E-state index in [4.69, 9.17) is 24.1 Å². The minimum Gasteiger partial charge on any atom is -0.446 e. The molecule has 1 aliphatic rings. The number of ether oxygens (including phenoxy) is 4. The third kappa shape index (κ3) is 12.3. The summed E-state index contributed by atoms with van der Waals surface area (Å²) in [5.74, 6) is 0. The SMILES string of the molecule is O=C(NCCOCCOCCOCCO)O[C@@H]1CCC=CCCC1. The van der Waals surface area contributed by atoms with Crippen LogP contribution in [0, 0.1) is 0 Å². The normalized spacial score (nSPS) is 18.0. The highest BCUT2D eigenvalue weighted by Gasteiger charge is 2.14. The van der Waals surface area contributed by atoms with Gasteiger partial charge < -0.3 is 29.4 Å². The molecule has 1 rings (SSSR count). The van der Waals surface area contributed by atoms with Crippen LogP contribution in [-0.4, -0.2) is 70.1 Å². The predicted molar refractivity (Wildman–Crippen MR) is 90.0 cm³/mol. The number of rotatable bonds is 12. The molecule has 0 aliphatic heterocycles. The molecule has 0 bridgehead atoms. The van der Waals surface area contributed by atoms with Crippen LogP contribution in [0.4, 0.5) is 4.79 Å². The van der Waals surface area contributed by atoms with E-state index in [1.807, 2.05) is 0 Å². The van der Waals surface area contributed by atoms with Crippen molar-refractivity contribution < 1.29 is 28.8 Å². The number of allylic oxidation sites excluding steroid dienone is 2. The second-order valence-electron chi connectivity index (χ2n) is 5.49. The molecule has 0 heterocycles. The van der Waals surface area contributed by atoms with Gasteiger partial charge in [0.05, 0.1) is 46.2 Å². The molecular weight excluding hydrogens is 314 g/mol. The summed E-state index contributed by atoms with van der Waals surface area (Å²) in [6.07, 6.45) is 8.89. The van der Waals surface area contributed by atoms with Gasteiger partial charge in [0, 0.05) is 6.54 Å². The van der Waals surface area contributed by atoms with Crippen LogP contribution in [0.2, 0.25) is 0 Å². The summed E-state index contributed by atoms with van der Waals surface area (Å²) in [6.45, 7) is 3.08. The van der Waals surface area contributed by atoms with Crippen molar-refractivity contribution in [3.8, 4) is 0 Å². The largest absolute Gasteiger partial charge is 0.446 e. The minimum atomic E-state index is -0.370. The number of carbonyl (C=O) groups is 1. The van der Waals surface area contributed by atoms with Crippen LogP contribution >= 0.6 is 0 Å². The van der Waals surface area contributed by atoms with Crippen molar-refractivity contribution in [1.82, 2.24) is 5.32 Å². The highest BCUT2D eigenvalue weighted by atomic mass is 16.6. The zero-order valence-electron chi connectivity index (χ0n) is 14.4. The lowest BCUT2D eigenvalue weighted by Crippen LogP contribution is -2.31. The van der Waals surface area contributed by atoms with Gasteiger partial charge in [0.15, 0.2) is 0 Å².